The number of rotatable bonds is 8. The van der Waals surface area contributed by atoms with Gasteiger partial charge < -0.3 is 19.9 Å². The summed E-state index contributed by atoms with van der Waals surface area (Å²) in [5.41, 5.74) is -2.03. The van der Waals surface area contributed by atoms with Gasteiger partial charge >= 0.3 is 12.6 Å². The second-order valence-electron chi connectivity index (χ2n) is 6.79. The van der Waals surface area contributed by atoms with Gasteiger partial charge in [0.25, 0.3) is 0 Å². The van der Waals surface area contributed by atoms with E-state index in [2.05, 4.69) is 10.1 Å². The zero-order valence-electron chi connectivity index (χ0n) is 14.9. The number of amides is 1. The number of carbonyl (C=O) groups is 2. The van der Waals surface area contributed by atoms with Gasteiger partial charge in [-0.1, -0.05) is 32.0 Å². The first kappa shape index (κ1) is 20.1. The highest BCUT2D eigenvalue weighted by Gasteiger charge is 2.66. The quantitative estimate of drug-likeness (QED) is 0.734. The number of benzene rings is 1. The van der Waals surface area contributed by atoms with E-state index in [9.17, 15) is 23.5 Å². The van der Waals surface area contributed by atoms with Crippen molar-refractivity contribution in [3.8, 4) is 5.75 Å². The lowest BCUT2D eigenvalue weighted by Gasteiger charge is -2.58. The summed E-state index contributed by atoms with van der Waals surface area (Å²) in [6, 6.07) is 5.92. The number of alkyl halides is 2. The molecule has 0 aromatic heterocycles. The van der Waals surface area contributed by atoms with Gasteiger partial charge in [-0.2, -0.15) is 8.78 Å². The molecule has 1 aliphatic carbocycles. The van der Waals surface area contributed by atoms with E-state index in [1.54, 1.807) is 19.9 Å². The number of hydrogen-bond donors (Lipinski definition) is 2. The van der Waals surface area contributed by atoms with Crippen molar-refractivity contribution in [3.05, 3.63) is 29.8 Å². The Morgan fingerprint density at radius 2 is 2.00 bits per heavy atom. The Labute approximate surface area is 150 Å². The molecule has 0 radical (unpaired) electrons. The number of carboxylic acid groups (broad SMARTS) is 1. The third-order valence-corrected chi connectivity index (χ3v) is 5.02. The van der Waals surface area contributed by atoms with Crippen LogP contribution < -0.4 is 10.1 Å². The largest absolute Gasteiger partial charge is 0.479 e. The van der Waals surface area contributed by atoms with Gasteiger partial charge in [0.05, 0.1) is 12.5 Å². The summed E-state index contributed by atoms with van der Waals surface area (Å²) in [4.78, 5) is 24.3. The fraction of sp³-hybridized carbons (Fsp3) is 0.556. The summed E-state index contributed by atoms with van der Waals surface area (Å²) in [5, 5.41) is 12.3. The lowest BCUT2D eigenvalue weighted by molar-refractivity contribution is -0.194. The molecule has 6 nitrogen and oxygen atoms in total. The van der Waals surface area contributed by atoms with Crippen LogP contribution in [0.5, 0.6) is 5.75 Å². The Kier molecular flexibility index (Phi) is 5.85. The molecule has 1 amide bonds. The average molecular weight is 371 g/mol. The summed E-state index contributed by atoms with van der Waals surface area (Å²) in [6.07, 6.45) is -0.421. The van der Waals surface area contributed by atoms with Gasteiger partial charge in [-0.05, 0) is 13.0 Å². The molecule has 0 spiro atoms. The zero-order chi connectivity index (χ0) is 19.5. The fourth-order valence-electron chi connectivity index (χ4n) is 3.35. The summed E-state index contributed by atoms with van der Waals surface area (Å²) in [7, 11) is 0. The number of para-hydroxylation sites is 1. The molecular formula is C18H23F2NO5. The van der Waals surface area contributed by atoms with Crippen molar-refractivity contribution in [1.29, 1.82) is 0 Å². The van der Waals surface area contributed by atoms with E-state index in [1.807, 2.05) is 6.92 Å². The molecule has 26 heavy (non-hydrogen) atoms. The molecule has 2 atom stereocenters. The number of hydrogen-bond acceptors (Lipinski definition) is 4. The molecule has 0 bridgehead atoms. The van der Waals surface area contributed by atoms with Crippen LogP contribution in [0.4, 0.5) is 8.78 Å². The number of carbonyl (C=O) groups excluding carboxylic acids is 1. The van der Waals surface area contributed by atoms with Crippen molar-refractivity contribution in [3.63, 3.8) is 0 Å². The second kappa shape index (κ2) is 7.57. The lowest BCUT2D eigenvalue weighted by atomic mass is 9.54. The fourth-order valence-corrected chi connectivity index (χ4v) is 3.35. The number of carboxylic acids is 1. The van der Waals surface area contributed by atoms with E-state index in [0.29, 0.717) is 6.61 Å². The molecule has 2 rings (SSSR count). The SMILES string of the molecule is CCOC1CC(NC(=O)Cc2ccccc2OC(F)F)(C(=O)O)C1(C)C. The Morgan fingerprint density at radius 1 is 1.35 bits per heavy atom. The Balaban J connectivity index is 2.15. The molecule has 1 fully saturated rings. The summed E-state index contributed by atoms with van der Waals surface area (Å²) in [5.74, 6) is -1.84. The standard InChI is InChI=1S/C18H23F2NO5/c1-4-25-13-10-18(15(23)24,17(13,2)3)21-14(22)9-11-7-5-6-8-12(11)26-16(19)20/h5-8,13,16H,4,9-10H2,1-3H3,(H,21,22)(H,23,24). The van der Waals surface area contributed by atoms with Crippen LogP contribution in [-0.2, 0) is 20.7 Å². The highest BCUT2D eigenvalue weighted by atomic mass is 19.3. The van der Waals surface area contributed by atoms with E-state index in [1.165, 1.54) is 18.2 Å². The number of ether oxygens (including phenoxy) is 2. The first-order valence-electron chi connectivity index (χ1n) is 8.32. The van der Waals surface area contributed by atoms with Crippen LogP contribution in [0.25, 0.3) is 0 Å². The van der Waals surface area contributed by atoms with Gasteiger partial charge in [0, 0.05) is 24.0 Å². The molecule has 1 aromatic rings. The third-order valence-electron chi connectivity index (χ3n) is 5.02. The van der Waals surface area contributed by atoms with Crippen molar-refractivity contribution < 1.29 is 33.0 Å². The van der Waals surface area contributed by atoms with Crippen LogP contribution in [0.2, 0.25) is 0 Å². The van der Waals surface area contributed by atoms with E-state index < -0.39 is 29.4 Å². The number of halogens is 2. The van der Waals surface area contributed by atoms with Crippen LogP contribution in [0, 0.1) is 5.41 Å². The number of aliphatic carboxylic acids is 1. The van der Waals surface area contributed by atoms with E-state index in [4.69, 9.17) is 4.74 Å². The molecule has 2 unspecified atom stereocenters. The topological polar surface area (TPSA) is 84.9 Å². The summed E-state index contributed by atoms with van der Waals surface area (Å²) in [6.45, 7) is 2.69. The van der Waals surface area contributed by atoms with E-state index in [0.717, 1.165) is 0 Å². The van der Waals surface area contributed by atoms with Crippen LogP contribution >= 0.6 is 0 Å². The van der Waals surface area contributed by atoms with Gasteiger partial charge in [-0.25, -0.2) is 4.79 Å². The Morgan fingerprint density at radius 3 is 2.54 bits per heavy atom. The minimum atomic E-state index is -3.01. The van der Waals surface area contributed by atoms with Crippen LogP contribution in [-0.4, -0.2) is 41.8 Å². The molecule has 0 aliphatic heterocycles. The second-order valence-corrected chi connectivity index (χ2v) is 6.79. The van der Waals surface area contributed by atoms with E-state index >= 15 is 0 Å². The molecule has 0 heterocycles. The molecular weight excluding hydrogens is 348 g/mol. The van der Waals surface area contributed by atoms with Crippen molar-refractivity contribution in [2.24, 2.45) is 5.41 Å². The molecule has 1 aliphatic rings. The molecule has 8 heteroatoms. The van der Waals surface area contributed by atoms with Gasteiger partial charge in [0.15, 0.2) is 0 Å². The highest BCUT2D eigenvalue weighted by molar-refractivity contribution is 5.90. The Hall–Kier alpha value is -2.22. The first-order chi connectivity index (χ1) is 12.1. The molecule has 2 N–H and O–H groups in total. The van der Waals surface area contributed by atoms with Crippen molar-refractivity contribution in [2.45, 2.75) is 51.9 Å². The summed E-state index contributed by atoms with van der Waals surface area (Å²) >= 11 is 0. The van der Waals surface area contributed by atoms with Crippen molar-refractivity contribution >= 4 is 11.9 Å². The smallest absolute Gasteiger partial charge is 0.387 e. The highest BCUT2D eigenvalue weighted by Crippen LogP contribution is 2.51. The van der Waals surface area contributed by atoms with Crippen LogP contribution in [0.15, 0.2) is 24.3 Å². The lowest BCUT2D eigenvalue weighted by Crippen LogP contribution is -2.76. The van der Waals surface area contributed by atoms with Crippen molar-refractivity contribution in [2.75, 3.05) is 6.61 Å². The predicted molar refractivity (Wildman–Crippen MR) is 89.1 cm³/mol. The van der Waals surface area contributed by atoms with Gasteiger partial charge in [-0.15, -0.1) is 0 Å². The van der Waals surface area contributed by atoms with Gasteiger partial charge in [0.2, 0.25) is 5.91 Å². The maximum Gasteiger partial charge on any atom is 0.387 e. The van der Waals surface area contributed by atoms with Gasteiger partial charge in [-0.3, -0.25) is 4.79 Å². The molecule has 144 valence electrons. The van der Waals surface area contributed by atoms with Crippen molar-refractivity contribution in [1.82, 2.24) is 5.32 Å². The summed E-state index contributed by atoms with van der Waals surface area (Å²) < 4.78 is 34.9. The monoisotopic (exact) mass is 371 g/mol. The maximum absolute atomic E-state index is 12.5. The molecule has 1 saturated carbocycles. The molecule has 1 aromatic carbocycles. The third kappa shape index (κ3) is 3.65. The minimum Gasteiger partial charge on any atom is -0.479 e. The Bertz CT molecular complexity index is 679. The van der Waals surface area contributed by atoms with Crippen LogP contribution in [0.3, 0.4) is 0 Å². The van der Waals surface area contributed by atoms with E-state index in [-0.39, 0.29) is 30.3 Å². The minimum absolute atomic E-state index is 0.109. The molecule has 0 saturated heterocycles. The van der Waals surface area contributed by atoms with Crippen LogP contribution in [0.1, 0.15) is 32.8 Å². The normalized spacial score (nSPS) is 24.0. The van der Waals surface area contributed by atoms with Gasteiger partial charge in [0.1, 0.15) is 11.3 Å². The zero-order valence-corrected chi connectivity index (χ0v) is 14.9. The first-order valence-corrected chi connectivity index (χ1v) is 8.32. The average Bonchev–Trinajstić information content (AvgIpc) is 2.54. The predicted octanol–water partition coefficient (Wildman–Crippen LogP) is 2.61. The number of nitrogens with one attached hydrogen (secondary N) is 1. The maximum atomic E-state index is 12.5.